The van der Waals surface area contributed by atoms with Gasteiger partial charge in [-0.3, -0.25) is 14.4 Å². The normalized spacial score (nSPS) is 17.3. The smallest absolute Gasteiger partial charge is 0.255 e. The molecular formula is C28H45N3O5. The number of amides is 3. The van der Waals surface area contributed by atoms with Gasteiger partial charge in [-0.15, -0.1) is 0 Å². The molecule has 0 bridgehead atoms. The van der Waals surface area contributed by atoms with E-state index in [1.807, 2.05) is 25.7 Å². The van der Waals surface area contributed by atoms with Gasteiger partial charge in [0, 0.05) is 38.2 Å². The summed E-state index contributed by atoms with van der Waals surface area (Å²) in [5.74, 6) is 0.619. The summed E-state index contributed by atoms with van der Waals surface area (Å²) >= 11 is 0. The Balaban J connectivity index is 2.03. The van der Waals surface area contributed by atoms with E-state index in [9.17, 15) is 14.4 Å². The van der Waals surface area contributed by atoms with Crippen LogP contribution < -0.4 is 14.8 Å². The second kappa shape index (κ2) is 14.7. The maximum atomic E-state index is 13.6. The van der Waals surface area contributed by atoms with Gasteiger partial charge in [-0.2, -0.15) is 0 Å². The highest BCUT2D eigenvalue weighted by atomic mass is 16.5. The van der Waals surface area contributed by atoms with Crippen molar-refractivity contribution in [3.05, 3.63) is 23.8 Å². The number of carbonyl (C=O) groups excluding carboxylic acids is 3. The molecule has 3 amide bonds. The number of methoxy groups -OCH3 is 2. The van der Waals surface area contributed by atoms with Crippen molar-refractivity contribution in [1.29, 1.82) is 0 Å². The first-order valence-electron chi connectivity index (χ1n) is 13.4. The van der Waals surface area contributed by atoms with Gasteiger partial charge >= 0.3 is 0 Å². The number of ether oxygens (including phenoxy) is 2. The summed E-state index contributed by atoms with van der Waals surface area (Å²) in [6, 6.07) is 4.26. The van der Waals surface area contributed by atoms with E-state index in [2.05, 4.69) is 12.2 Å². The molecule has 0 radical (unpaired) electrons. The molecule has 8 heteroatoms. The predicted octanol–water partition coefficient (Wildman–Crippen LogP) is 4.27. The first kappa shape index (κ1) is 29.5. The molecule has 2 rings (SSSR count). The van der Waals surface area contributed by atoms with Crippen molar-refractivity contribution < 1.29 is 23.9 Å². The van der Waals surface area contributed by atoms with Gasteiger partial charge in [-0.05, 0) is 31.4 Å². The van der Waals surface area contributed by atoms with Crippen LogP contribution in [0.5, 0.6) is 11.5 Å². The monoisotopic (exact) mass is 503 g/mol. The molecule has 36 heavy (non-hydrogen) atoms. The third-order valence-electron chi connectivity index (χ3n) is 7.17. The highest BCUT2D eigenvalue weighted by Crippen LogP contribution is 2.25. The minimum atomic E-state index is -0.665. The van der Waals surface area contributed by atoms with Crippen LogP contribution in [0.25, 0.3) is 0 Å². The van der Waals surface area contributed by atoms with Crippen molar-refractivity contribution in [1.82, 2.24) is 15.1 Å². The lowest BCUT2D eigenvalue weighted by molar-refractivity contribution is -0.144. The molecule has 1 N–H and O–H groups in total. The average Bonchev–Trinajstić information content (AvgIpc) is 2.89. The van der Waals surface area contributed by atoms with Crippen LogP contribution in [0.2, 0.25) is 0 Å². The third kappa shape index (κ3) is 7.87. The van der Waals surface area contributed by atoms with Crippen LogP contribution in [0.3, 0.4) is 0 Å². The lowest BCUT2D eigenvalue weighted by atomic mass is 9.96. The fourth-order valence-electron chi connectivity index (χ4n) is 4.64. The van der Waals surface area contributed by atoms with E-state index in [1.54, 1.807) is 30.2 Å². The van der Waals surface area contributed by atoms with Gasteiger partial charge in [-0.1, -0.05) is 52.9 Å². The second-order valence-electron chi connectivity index (χ2n) is 9.79. The summed E-state index contributed by atoms with van der Waals surface area (Å²) in [5, 5.41) is 2.96. The van der Waals surface area contributed by atoms with E-state index in [4.69, 9.17) is 9.47 Å². The van der Waals surface area contributed by atoms with E-state index in [0.717, 1.165) is 19.3 Å². The lowest BCUT2D eigenvalue weighted by Gasteiger charge is -2.41. The first-order valence-corrected chi connectivity index (χ1v) is 13.4. The number of unbranched alkanes of at least 4 members (excludes halogenated alkanes) is 4. The molecule has 1 aromatic carbocycles. The molecule has 1 heterocycles. The Hall–Kier alpha value is -2.77. The molecule has 202 valence electrons. The SMILES string of the molecule is CCCCCCCC(=O)N1CCN(C(=O)[C@H](NC(=O)c2ccc(OC)cc2OC)[C@H](C)CC)C[C@H]1C. The van der Waals surface area contributed by atoms with E-state index in [0.29, 0.717) is 43.1 Å². The number of hydrogen-bond acceptors (Lipinski definition) is 5. The Morgan fingerprint density at radius 3 is 2.39 bits per heavy atom. The van der Waals surface area contributed by atoms with Gasteiger partial charge < -0.3 is 24.6 Å². The van der Waals surface area contributed by atoms with Crippen molar-refractivity contribution >= 4 is 17.7 Å². The number of nitrogens with one attached hydrogen (secondary N) is 1. The molecule has 0 spiro atoms. The van der Waals surface area contributed by atoms with Crippen LogP contribution in [0.4, 0.5) is 0 Å². The molecule has 1 aliphatic rings. The standard InChI is InChI=1S/C28H45N3O5/c1-7-9-10-11-12-13-25(32)31-17-16-30(19-21(31)4)28(34)26(20(3)8-2)29-27(33)23-15-14-22(35-5)18-24(23)36-6/h14-15,18,20-21,26H,7-13,16-17,19H2,1-6H3,(H,29,33)/t20-,21-,26-/m1/s1. The van der Waals surface area contributed by atoms with Crippen molar-refractivity contribution in [3.63, 3.8) is 0 Å². The van der Waals surface area contributed by atoms with Gasteiger partial charge in [0.05, 0.1) is 19.8 Å². The van der Waals surface area contributed by atoms with E-state index in [1.165, 1.54) is 26.4 Å². The van der Waals surface area contributed by atoms with Crippen molar-refractivity contribution in [2.75, 3.05) is 33.9 Å². The lowest BCUT2D eigenvalue weighted by Crippen LogP contribution is -2.60. The number of nitrogens with zero attached hydrogens (tertiary/aromatic N) is 2. The molecule has 0 unspecified atom stereocenters. The Bertz CT molecular complexity index is 875. The average molecular weight is 504 g/mol. The molecule has 1 aliphatic heterocycles. The Morgan fingerprint density at radius 2 is 1.78 bits per heavy atom. The third-order valence-corrected chi connectivity index (χ3v) is 7.17. The molecule has 8 nitrogen and oxygen atoms in total. The van der Waals surface area contributed by atoms with Crippen LogP contribution in [-0.2, 0) is 9.59 Å². The van der Waals surface area contributed by atoms with E-state index < -0.39 is 6.04 Å². The quantitative estimate of drug-likeness (QED) is 0.406. The van der Waals surface area contributed by atoms with Crippen molar-refractivity contribution in [2.45, 2.75) is 84.7 Å². The zero-order valence-corrected chi connectivity index (χ0v) is 23.0. The van der Waals surface area contributed by atoms with Crippen LogP contribution in [0.1, 0.15) is 83.0 Å². The van der Waals surface area contributed by atoms with Crippen LogP contribution in [-0.4, -0.2) is 73.5 Å². The van der Waals surface area contributed by atoms with Gasteiger partial charge in [0.1, 0.15) is 17.5 Å². The van der Waals surface area contributed by atoms with E-state index >= 15 is 0 Å². The molecule has 0 aromatic heterocycles. The largest absolute Gasteiger partial charge is 0.497 e. The first-order chi connectivity index (χ1) is 17.3. The highest BCUT2D eigenvalue weighted by molar-refractivity contribution is 6.00. The van der Waals surface area contributed by atoms with Gasteiger partial charge in [-0.25, -0.2) is 0 Å². The molecule has 3 atom stereocenters. The van der Waals surface area contributed by atoms with Crippen molar-refractivity contribution in [2.24, 2.45) is 5.92 Å². The molecule has 0 aliphatic carbocycles. The summed E-state index contributed by atoms with van der Waals surface area (Å²) < 4.78 is 10.6. The van der Waals surface area contributed by atoms with Crippen LogP contribution in [0, 0.1) is 5.92 Å². The predicted molar refractivity (Wildman–Crippen MR) is 141 cm³/mol. The Morgan fingerprint density at radius 1 is 1.06 bits per heavy atom. The van der Waals surface area contributed by atoms with Gasteiger partial charge in [0.2, 0.25) is 11.8 Å². The summed E-state index contributed by atoms with van der Waals surface area (Å²) in [5.41, 5.74) is 0.349. The molecule has 1 aromatic rings. The van der Waals surface area contributed by atoms with Gasteiger partial charge in [0.25, 0.3) is 5.91 Å². The molecular weight excluding hydrogens is 458 g/mol. The van der Waals surface area contributed by atoms with Crippen molar-refractivity contribution in [3.8, 4) is 11.5 Å². The second-order valence-corrected chi connectivity index (χ2v) is 9.79. The minimum absolute atomic E-state index is 0.0521. The molecule has 1 saturated heterocycles. The maximum Gasteiger partial charge on any atom is 0.255 e. The number of piperazine rings is 1. The molecule has 1 fully saturated rings. The summed E-state index contributed by atoms with van der Waals surface area (Å²) in [4.78, 5) is 43.2. The number of carbonyl (C=O) groups is 3. The fourth-order valence-corrected chi connectivity index (χ4v) is 4.64. The zero-order valence-electron chi connectivity index (χ0n) is 23.0. The summed E-state index contributed by atoms with van der Waals surface area (Å²) in [6.07, 6.45) is 6.88. The zero-order chi connectivity index (χ0) is 26.7. The maximum absolute atomic E-state index is 13.6. The summed E-state index contributed by atoms with van der Waals surface area (Å²) in [7, 11) is 3.05. The molecule has 0 saturated carbocycles. The Labute approximate surface area is 216 Å². The van der Waals surface area contributed by atoms with Gasteiger partial charge in [0.15, 0.2) is 0 Å². The summed E-state index contributed by atoms with van der Waals surface area (Å²) in [6.45, 7) is 9.61. The topological polar surface area (TPSA) is 88.2 Å². The Kier molecular flexibility index (Phi) is 12.0. The van der Waals surface area contributed by atoms with Crippen LogP contribution in [0.15, 0.2) is 18.2 Å². The van der Waals surface area contributed by atoms with Crippen LogP contribution >= 0.6 is 0 Å². The fraction of sp³-hybridized carbons (Fsp3) is 0.679. The highest BCUT2D eigenvalue weighted by Gasteiger charge is 2.35. The van der Waals surface area contributed by atoms with E-state index in [-0.39, 0.29) is 29.7 Å². The number of hydrogen-bond donors (Lipinski definition) is 1. The number of rotatable bonds is 13. The minimum Gasteiger partial charge on any atom is -0.497 e. The number of benzene rings is 1.